The van der Waals surface area contributed by atoms with Crippen molar-refractivity contribution >= 4 is 23.3 Å². The monoisotopic (exact) mass is 236 g/mol. The Kier molecular flexibility index (Phi) is 2.86. The molecule has 0 fully saturated rings. The molecule has 1 aliphatic heterocycles. The van der Waals surface area contributed by atoms with Crippen LogP contribution in [0.25, 0.3) is 0 Å². The molecular formula is C11H12N2O4. The summed E-state index contributed by atoms with van der Waals surface area (Å²) >= 11 is 0. The van der Waals surface area contributed by atoms with E-state index in [2.05, 4.69) is 0 Å². The van der Waals surface area contributed by atoms with E-state index < -0.39 is 5.97 Å². The molecule has 0 saturated carbocycles. The number of hydrogen-bond donors (Lipinski definition) is 2. The Balaban J connectivity index is 2.27. The summed E-state index contributed by atoms with van der Waals surface area (Å²) in [4.78, 5) is 23.6. The lowest BCUT2D eigenvalue weighted by molar-refractivity contribution is -0.136. The van der Waals surface area contributed by atoms with Crippen molar-refractivity contribution in [1.82, 2.24) is 0 Å². The van der Waals surface area contributed by atoms with Crippen molar-refractivity contribution in [2.45, 2.75) is 6.42 Å². The lowest BCUT2D eigenvalue weighted by Crippen LogP contribution is -2.40. The van der Waals surface area contributed by atoms with Crippen LogP contribution in [0.15, 0.2) is 18.2 Å². The highest BCUT2D eigenvalue weighted by Crippen LogP contribution is 2.33. The summed E-state index contributed by atoms with van der Waals surface area (Å²) in [5.41, 5.74) is 6.71. The number of carbonyl (C=O) groups excluding carboxylic acids is 1. The van der Waals surface area contributed by atoms with Crippen LogP contribution in [-0.2, 0) is 9.59 Å². The summed E-state index contributed by atoms with van der Waals surface area (Å²) in [7, 11) is 0. The SMILES string of the molecule is Nc1ccc2c(c1)OCC(=O)N2CCC(=O)O. The van der Waals surface area contributed by atoms with E-state index in [1.165, 1.54) is 4.90 Å². The maximum atomic E-state index is 11.6. The summed E-state index contributed by atoms with van der Waals surface area (Å²) in [6, 6.07) is 4.92. The van der Waals surface area contributed by atoms with Crippen LogP contribution in [0.2, 0.25) is 0 Å². The van der Waals surface area contributed by atoms with Crippen molar-refractivity contribution in [3.63, 3.8) is 0 Å². The molecule has 2 rings (SSSR count). The maximum absolute atomic E-state index is 11.6. The first-order chi connectivity index (χ1) is 8.08. The van der Waals surface area contributed by atoms with E-state index in [0.29, 0.717) is 17.1 Å². The van der Waals surface area contributed by atoms with Gasteiger partial charge in [-0.2, -0.15) is 0 Å². The Hall–Kier alpha value is -2.24. The third kappa shape index (κ3) is 2.30. The Bertz CT molecular complexity index is 473. The highest BCUT2D eigenvalue weighted by Gasteiger charge is 2.25. The van der Waals surface area contributed by atoms with E-state index in [0.717, 1.165) is 0 Å². The van der Waals surface area contributed by atoms with Gasteiger partial charge in [0, 0.05) is 18.3 Å². The van der Waals surface area contributed by atoms with Gasteiger partial charge in [0.25, 0.3) is 5.91 Å². The molecule has 0 radical (unpaired) electrons. The van der Waals surface area contributed by atoms with Crippen LogP contribution in [0.4, 0.5) is 11.4 Å². The molecule has 6 heteroatoms. The maximum Gasteiger partial charge on any atom is 0.305 e. The molecule has 0 saturated heterocycles. The van der Waals surface area contributed by atoms with Crippen LogP contribution < -0.4 is 15.4 Å². The van der Waals surface area contributed by atoms with Crippen molar-refractivity contribution in [3.8, 4) is 5.75 Å². The minimum Gasteiger partial charge on any atom is -0.481 e. The molecule has 1 aliphatic rings. The zero-order valence-electron chi connectivity index (χ0n) is 9.05. The van der Waals surface area contributed by atoms with E-state index in [4.69, 9.17) is 15.6 Å². The average molecular weight is 236 g/mol. The molecule has 1 aromatic carbocycles. The molecule has 0 atom stereocenters. The minimum absolute atomic E-state index is 0.0872. The van der Waals surface area contributed by atoms with E-state index >= 15 is 0 Å². The summed E-state index contributed by atoms with van der Waals surface area (Å²) < 4.78 is 5.23. The number of nitrogen functional groups attached to an aromatic ring is 1. The second-order valence-electron chi connectivity index (χ2n) is 3.70. The zero-order chi connectivity index (χ0) is 12.4. The van der Waals surface area contributed by atoms with Crippen molar-refractivity contribution in [2.75, 3.05) is 23.8 Å². The molecule has 6 nitrogen and oxygen atoms in total. The number of benzene rings is 1. The predicted molar refractivity (Wildman–Crippen MR) is 61.0 cm³/mol. The second-order valence-corrected chi connectivity index (χ2v) is 3.70. The Morgan fingerprint density at radius 2 is 2.29 bits per heavy atom. The molecule has 1 heterocycles. The van der Waals surface area contributed by atoms with Crippen LogP contribution in [0, 0.1) is 0 Å². The van der Waals surface area contributed by atoms with Gasteiger partial charge in [0.05, 0.1) is 12.1 Å². The van der Waals surface area contributed by atoms with Crippen molar-refractivity contribution < 1.29 is 19.4 Å². The van der Waals surface area contributed by atoms with Gasteiger partial charge in [-0.15, -0.1) is 0 Å². The molecule has 0 aromatic heterocycles. The molecule has 1 amide bonds. The Morgan fingerprint density at radius 1 is 1.53 bits per heavy atom. The molecule has 17 heavy (non-hydrogen) atoms. The van der Waals surface area contributed by atoms with Gasteiger partial charge in [0.2, 0.25) is 0 Å². The van der Waals surface area contributed by atoms with E-state index in [1.54, 1.807) is 18.2 Å². The molecule has 0 aliphatic carbocycles. The van der Waals surface area contributed by atoms with Crippen LogP contribution in [0.1, 0.15) is 6.42 Å². The molecule has 1 aromatic rings. The molecule has 90 valence electrons. The Labute approximate surface area is 97.6 Å². The minimum atomic E-state index is -0.943. The lowest BCUT2D eigenvalue weighted by atomic mass is 10.2. The van der Waals surface area contributed by atoms with Gasteiger partial charge in [0.1, 0.15) is 5.75 Å². The topological polar surface area (TPSA) is 92.9 Å². The number of hydrogen-bond acceptors (Lipinski definition) is 4. The van der Waals surface area contributed by atoms with Gasteiger partial charge in [-0.25, -0.2) is 0 Å². The highest BCUT2D eigenvalue weighted by atomic mass is 16.5. The van der Waals surface area contributed by atoms with Gasteiger partial charge in [-0.3, -0.25) is 9.59 Å². The van der Waals surface area contributed by atoms with E-state index in [-0.39, 0.29) is 25.5 Å². The van der Waals surface area contributed by atoms with Gasteiger partial charge in [0.15, 0.2) is 6.61 Å². The van der Waals surface area contributed by atoms with Gasteiger partial charge in [-0.05, 0) is 12.1 Å². The summed E-state index contributed by atoms with van der Waals surface area (Å²) in [5, 5.41) is 8.63. The number of anilines is 2. The number of carboxylic acid groups (broad SMARTS) is 1. The molecule has 0 bridgehead atoms. The normalized spacial score (nSPS) is 14.1. The first kappa shape index (κ1) is 11.3. The molecule has 3 N–H and O–H groups in total. The van der Waals surface area contributed by atoms with Gasteiger partial charge in [-0.1, -0.05) is 0 Å². The van der Waals surface area contributed by atoms with Gasteiger partial charge >= 0.3 is 5.97 Å². The van der Waals surface area contributed by atoms with Crippen LogP contribution in [-0.4, -0.2) is 30.1 Å². The Morgan fingerprint density at radius 3 is 3.00 bits per heavy atom. The van der Waals surface area contributed by atoms with Crippen molar-refractivity contribution in [2.24, 2.45) is 0 Å². The fraction of sp³-hybridized carbons (Fsp3) is 0.273. The summed E-state index contributed by atoms with van der Waals surface area (Å²) in [6.45, 7) is 0.0461. The summed E-state index contributed by atoms with van der Waals surface area (Å²) in [5.74, 6) is -0.681. The number of rotatable bonds is 3. The fourth-order valence-electron chi connectivity index (χ4n) is 1.67. The van der Waals surface area contributed by atoms with E-state index in [1.807, 2.05) is 0 Å². The number of amides is 1. The number of aliphatic carboxylic acids is 1. The molecule has 0 unspecified atom stereocenters. The quantitative estimate of drug-likeness (QED) is 0.744. The fourth-order valence-corrected chi connectivity index (χ4v) is 1.67. The lowest BCUT2D eigenvalue weighted by Gasteiger charge is -2.29. The van der Waals surface area contributed by atoms with E-state index in [9.17, 15) is 9.59 Å². The number of nitrogens with two attached hydrogens (primary N) is 1. The largest absolute Gasteiger partial charge is 0.481 e. The van der Waals surface area contributed by atoms with Crippen LogP contribution in [0.3, 0.4) is 0 Å². The smallest absolute Gasteiger partial charge is 0.305 e. The van der Waals surface area contributed by atoms with Gasteiger partial charge < -0.3 is 20.5 Å². The van der Waals surface area contributed by atoms with Crippen molar-refractivity contribution in [1.29, 1.82) is 0 Å². The highest BCUT2D eigenvalue weighted by molar-refractivity contribution is 5.98. The van der Waals surface area contributed by atoms with Crippen LogP contribution >= 0.6 is 0 Å². The number of carboxylic acids is 1. The first-order valence-electron chi connectivity index (χ1n) is 5.12. The van der Waals surface area contributed by atoms with Crippen LogP contribution in [0.5, 0.6) is 5.75 Å². The third-order valence-electron chi connectivity index (χ3n) is 2.48. The second kappa shape index (κ2) is 4.32. The summed E-state index contributed by atoms with van der Waals surface area (Å²) in [6.07, 6.45) is -0.102. The zero-order valence-corrected chi connectivity index (χ0v) is 9.05. The average Bonchev–Trinajstić information content (AvgIpc) is 2.27. The number of fused-ring (bicyclic) bond motifs is 1. The number of ether oxygens (including phenoxy) is 1. The molecular weight excluding hydrogens is 224 g/mol. The third-order valence-corrected chi connectivity index (χ3v) is 2.48. The standard InChI is InChI=1S/C11H12N2O4/c12-7-1-2-8-9(5-7)17-6-10(14)13(8)4-3-11(15)16/h1-2,5H,3-4,6,12H2,(H,15,16). The van der Waals surface area contributed by atoms with Crippen molar-refractivity contribution in [3.05, 3.63) is 18.2 Å². The molecule has 0 spiro atoms. The predicted octanol–water partition coefficient (Wildman–Crippen LogP) is 0.469. The number of carbonyl (C=O) groups is 2. The first-order valence-corrected chi connectivity index (χ1v) is 5.12. The number of nitrogens with zero attached hydrogens (tertiary/aromatic N) is 1.